The first-order chi connectivity index (χ1) is 21.8. The van der Waals surface area contributed by atoms with Crippen molar-refractivity contribution in [2.45, 2.75) is 12.5 Å². The minimum absolute atomic E-state index is 0.109. The number of carbonyl (C=O) groups is 3. The van der Waals surface area contributed by atoms with E-state index in [1.54, 1.807) is 12.1 Å². The van der Waals surface area contributed by atoms with Gasteiger partial charge in [-0.2, -0.15) is 5.10 Å². The summed E-state index contributed by atoms with van der Waals surface area (Å²) < 4.78 is 14.4. The Hall–Kier alpha value is -4.98. The van der Waals surface area contributed by atoms with Gasteiger partial charge in [0.05, 0.1) is 10.7 Å². The number of halogens is 2. The first-order valence-corrected chi connectivity index (χ1v) is 14.8. The number of fused-ring (bicyclic) bond motifs is 1. The van der Waals surface area contributed by atoms with Crippen molar-refractivity contribution in [3.63, 3.8) is 0 Å². The summed E-state index contributed by atoms with van der Waals surface area (Å²) in [6, 6.07) is 13.8. The van der Waals surface area contributed by atoms with Gasteiger partial charge in [0, 0.05) is 67.4 Å². The summed E-state index contributed by atoms with van der Waals surface area (Å²) in [5, 5.41) is 11.5. The van der Waals surface area contributed by atoms with E-state index in [9.17, 15) is 18.8 Å². The summed E-state index contributed by atoms with van der Waals surface area (Å²) in [6.07, 6.45) is 4.84. The number of hydrogen-bond donors (Lipinski definition) is 5. The van der Waals surface area contributed by atoms with Crippen molar-refractivity contribution in [1.82, 2.24) is 21.3 Å². The van der Waals surface area contributed by atoms with Gasteiger partial charge in [0.15, 0.2) is 0 Å². The van der Waals surface area contributed by atoms with Gasteiger partial charge in [0.25, 0.3) is 5.91 Å². The van der Waals surface area contributed by atoms with Crippen LogP contribution in [0.3, 0.4) is 0 Å². The van der Waals surface area contributed by atoms with Crippen LogP contribution in [0.1, 0.15) is 33.1 Å². The number of hydrazine groups is 2. The number of piperazine rings is 1. The SMILES string of the molecule is NC(=O)c1ccc(NC(=O)C2c3cccc(N4CCNCC4)c3CCN2C(=O)/C=C/c2cc(Cl)c(F)cc2N2C=NNN2)cc1. The average molecular weight is 632 g/mol. The molecule has 0 saturated carbocycles. The Kier molecular flexibility index (Phi) is 8.65. The standard InChI is InChI=1S/C31H31ClFN9O3/c32-24-16-20(27(17-25(24)33)42-18-36-38-39-42)6-9-28(43)41-13-10-22-23(2-1-3-26(22)40-14-11-35-12-15-40)29(41)31(45)37-21-7-4-19(5-8-21)30(34)44/h1-9,16-18,29,35,38-39H,10-15H2,(H2,34,44)(H,37,45)/b9-6+. The Balaban J connectivity index is 1.33. The van der Waals surface area contributed by atoms with E-state index in [2.05, 4.69) is 37.8 Å². The molecule has 6 N–H and O–H groups in total. The summed E-state index contributed by atoms with van der Waals surface area (Å²) in [5.41, 5.74) is 15.1. The van der Waals surface area contributed by atoms with Crippen LogP contribution in [0.4, 0.5) is 21.5 Å². The van der Waals surface area contributed by atoms with Gasteiger partial charge in [-0.15, -0.1) is 5.53 Å². The highest BCUT2D eigenvalue weighted by atomic mass is 35.5. The number of amides is 3. The van der Waals surface area contributed by atoms with Crippen LogP contribution in [0.5, 0.6) is 0 Å². The third-order valence-electron chi connectivity index (χ3n) is 7.97. The van der Waals surface area contributed by atoms with Gasteiger partial charge < -0.3 is 26.2 Å². The second-order valence-electron chi connectivity index (χ2n) is 10.7. The van der Waals surface area contributed by atoms with Crippen LogP contribution >= 0.6 is 11.6 Å². The molecule has 232 valence electrons. The van der Waals surface area contributed by atoms with Crippen LogP contribution in [-0.4, -0.2) is 61.7 Å². The summed E-state index contributed by atoms with van der Waals surface area (Å²) in [5.74, 6) is -2.03. The van der Waals surface area contributed by atoms with Crippen molar-refractivity contribution in [2.75, 3.05) is 47.9 Å². The zero-order chi connectivity index (χ0) is 31.5. The second kappa shape index (κ2) is 12.9. The zero-order valence-corrected chi connectivity index (χ0v) is 24.9. The Morgan fingerprint density at radius 3 is 2.53 bits per heavy atom. The maximum absolute atomic E-state index is 14.4. The molecule has 45 heavy (non-hydrogen) atoms. The minimum Gasteiger partial charge on any atom is -0.369 e. The molecule has 3 aromatic carbocycles. The van der Waals surface area contributed by atoms with Crippen LogP contribution in [0, 0.1) is 5.82 Å². The zero-order valence-electron chi connectivity index (χ0n) is 24.1. The Bertz CT molecular complexity index is 1690. The lowest BCUT2D eigenvalue weighted by Gasteiger charge is -2.39. The number of primary amides is 1. The lowest BCUT2D eigenvalue weighted by Crippen LogP contribution is -2.47. The van der Waals surface area contributed by atoms with Crippen LogP contribution in [0.15, 0.2) is 65.8 Å². The second-order valence-corrected chi connectivity index (χ2v) is 11.1. The van der Waals surface area contributed by atoms with Crippen molar-refractivity contribution < 1.29 is 18.8 Å². The molecule has 12 nitrogen and oxygen atoms in total. The fourth-order valence-electron chi connectivity index (χ4n) is 5.77. The monoisotopic (exact) mass is 631 g/mol. The first-order valence-electron chi connectivity index (χ1n) is 14.4. The molecule has 0 aliphatic carbocycles. The van der Waals surface area contributed by atoms with Crippen LogP contribution in [0.2, 0.25) is 5.02 Å². The first kappa shape index (κ1) is 30.1. The smallest absolute Gasteiger partial charge is 0.251 e. The molecular weight excluding hydrogens is 601 g/mol. The van der Waals surface area contributed by atoms with Crippen molar-refractivity contribution in [1.29, 1.82) is 0 Å². The lowest BCUT2D eigenvalue weighted by molar-refractivity contribution is -0.135. The molecular formula is C31H31ClFN9O3. The van der Waals surface area contributed by atoms with Gasteiger partial charge in [0.1, 0.15) is 18.2 Å². The minimum atomic E-state index is -0.947. The molecule has 6 rings (SSSR count). The predicted octanol–water partition coefficient (Wildman–Crippen LogP) is 2.54. The number of hydrazone groups is 1. The highest BCUT2D eigenvalue weighted by Gasteiger charge is 2.37. The fourth-order valence-corrected chi connectivity index (χ4v) is 5.94. The van der Waals surface area contributed by atoms with Crippen LogP contribution in [-0.2, 0) is 16.0 Å². The maximum atomic E-state index is 14.4. The number of hydrogen-bond acceptors (Lipinski definition) is 9. The highest BCUT2D eigenvalue weighted by molar-refractivity contribution is 6.31. The van der Waals surface area contributed by atoms with Crippen molar-refractivity contribution in [3.8, 4) is 0 Å². The molecule has 1 fully saturated rings. The van der Waals surface area contributed by atoms with E-state index >= 15 is 0 Å². The number of nitrogens with one attached hydrogen (secondary N) is 4. The number of rotatable bonds is 7. The van der Waals surface area contributed by atoms with Gasteiger partial charge in [-0.05, 0) is 60.0 Å². The molecule has 14 heteroatoms. The molecule has 3 heterocycles. The van der Waals surface area contributed by atoms with Gasteiger partial charge in [-0.3, -0.25) is 14.4 Å². The van der Waals surface area contributed by atoms with E-state index in [1.807, 2.05) is 12.1 Å². The summed E-state index contributed by atoms with van der Waals surface area (Å²) in [4.78, 5) is 43.2. The lowest BCUT2D eigenvalue weighted by atomic mass is 9.89. The molecule has 0 radical (unpaired) electrons. The van der Waals surface area contributed by atoms with E-state index in [0.717, 1.165) is 43.0 Å². The third-order valence-corrected chi connectivity index (χ3v) is 8.26. The number of nitrogens with two attached hydrogens (primary N) is 1. The molecule has 1 unspecified atom stereocenters. The van der Waals surface area contributed by atoms with E-state index in [0.29, 0.717) is 35.5 Å². The van der Waals surface area contributed by atoms with Gasteiger partial charge in [-0.1, -0.05) is 23.7 Å². The summed E-state index contributed by atoms with van der Waals surface area (Å²) in [7, 11) is 0. The van der Waals surface area contributed by atoms with Gasteiger partial charge >= 0.3 is 0 Å². The van der Waals surface area contributed by atoms with E-state index in [1.165, 1.54) is 52.7 Å². The van der Waals surface area contributed by atoms with Gasteiger partial charge in [0.2, 0.25) is 11.8 Å². The van der Waals surface area contributed by atoms with Gasteiger partial charge in [-0.25, -0.2) is 14.9 Å². The molecule has 3 aromatic rings. The van der Waals surface area contributed by atoms with Crippen LogP contribution < -0.4 is 37.3 Å². The number of benzene rings is 3. The molecule has 0 bridgehead atoms. The number of anilines is 3. The quantitative estimate of drug-likeness (QED) is 0.250. The van der Waals surface area contributed by atoms with Crippen molar-refractivity contribution >= 4 is 58.8 Å². The summed E-state index contributed by atoms with van der Waals surface area (Å²) >= 11 is 6.08. The number of nitrogens with zero attached hydrogens (tertiary/aromatic N) is 4. The Morgan fingerprint density at radius 2 is 1.82 bits per heavy atom. The Labute approximate surface area is 263 Å². The molecule has 1 saturated heterocycles. The number of carbonyl (C=O) groups excluding carboxylic acids is 3. The van der Waals surface area contributed by atoms with Crippen molar-refractivity contribution in [2.24, 2.45) is 10.8 Å². The molecule has 1 atom stereocenters. The topological polar surface area (TPSA) is 147 Å². The largest absolute Gasteiger partial charge is 0.369 e. The summed E-state index contributed by atoms with van der Waals surface area (Å²) in [6.45, 7) is 3.67. The maximum Gasteiger partial charge on any atom is 0.251 e. The average Bonchev–Trinajstić information content (AvgIpc) is 3.60. The predicted molar refractivity (Wildman–Crippen MR) is 171 cm³/mol. The van der Waals surface area contributed by atoms with E-state index in [4.69, 9.17) is 17.3 Å². The fraction of sp³-hybridized carbons (Fsp3) is 0.226. The van der Waals surface area contributed by atoms with E-state index < -0.39 is 29.6 Å². The van der Waals surface area contributed by atoms with Crippen LogP contribution in [0.25, 0.3) is 6.08 Å². The highest BCUT2D eigenvalue weighted by Crippen LogP contribution is 2.37. The van der Waals surface area contributed by atoms with Crippen molar-refractivity contribution in [3.05, 3.63) is 93.8 Å². The molecule has 3 aliphatic heterocycles. The van der Waals surface area contributed by atoms with E-state index in [-0.39, 0.29) is 5.02 Å². The molecule has 3 aliphatic rings. The molecule has 3 amide bonds. The molecule has 0 aromatic heterocycles. The third kappa shape index (κ3) is 6.32. The molecule has 0 spiro atoms. The Morgan fingerprint density at radius 1 is 1.04 bits per heavy atom. The normalized spacial score (nSPS) is 17.7.